The first-order valence-corrected chi connectivity index (χ1v) is 4.60. The molecule has 0 saturated carbocycles. The van der Waals surface area contributed by atoms with Crippen LogP contribution in [0.2, 0.25) is 0 Å². The van der Waals surface area contributed by atoms with E-state index in [1.807, 2.05) is 0 Å². The van der Waals surface area contributed by atoms with Gasteiger partial charge in [0.15, 0.2) is 0 Å². The van der Waals surface area contributed by atoms with Crippen molar-refractivity contribution in [3.8, 4) is 0 Å². The lowest BCUT2D eigenvalue weighted by molar-refractivity contribution is 0.561. The molecule has 1 radical (unpaired) electrons. The number of primary sulfonamides is 1. The highest BCUT2D eigenvalue weighted by atomic mass is 32.2. The predicted molar refractivity (Wildman–Crippen MR) is 42.6 cm³/mol. The average Bonchev–Trinajstić information content (AvgIpc) is 2.03. The van der Waals surface area contributed by atoms with Crippen molar-refractivity contribution in [2.24, 2.45) is 5.14 Å². The molecule has 0 unspecified atom stereocenters. The Hall–Kier alpha value is -1.20. The van der Waals surface area contributed by atoms with Gasteiger partial charge in [-0.3, -0.25) is 4.79 Å². The number of hydrogen-bond donors (Lipinski definition) is 1. The molecule has 0 aromatic heterocycles. The van der Waals surface area contributed by atoms with E-state index in [4.69, 9.17) is 5.14 Å². The van der Waals surface area contributed by atoms with E-state index >= 15 is 0 Å². The number of hydrogen-bond acceptors (Lipinski definition) is 3. The lowest BCUT2D eigenvalue weighted by atomic mass is 10.2. The highest BCUT2D eigenvalue weighted by Gasteiger charge is 2.12. The van der Waals surface area contributed by atoms with E-state index in [9.17, 15) is 13.2 Å². The molecule has 0 amide bonds. The van der Waals surface area contributed by atoms with Gasteiger partial charge in [-0.05, 0) is 12.1 Å². The third-order valence-corrected chi connectivity index (χ3v) is 2.27. The number of rotatable bonds is 2. The van der Waals surface area contributed by atoms with E-state index in [-0.39, 0.29) is 10.5 Å². The molecule has 2 N–H and O–H groups in total. The second-order valence-electron chi connectivity index (χ2n) is 2.14. The molecule has 1 aromatic carbocycles. The van der Waals surface area contributed by atoms with Gasteiger partial charge in [0.1, 0.15) is 0 Å². The fraction of sp³-hybridized carbons (Fsp3) is 0. The molecule has 0 atom stereocenters. The Kier molecular flexibility index (Phi) is 2.25. The van der Waals surface area contributed by atoms with Gasteiger partial charge in [0.25, 0.3) is 0 Å². The lowest BCUT2D eigenvalue weighted by Gasteiger charge is -1.98. The van der Waals surface area contributed by atoms with E-state index in [1.54, 1.807) is 0 Å². The molecule has 0 heterocycles. The van der Waals surface area contributed by atoms with Gasteiger partial charge in [0, 0.05) is 5.56 Å². The smallest absolute Gasteiger partial charge is 0.238 e. The topological polar surface area (TPSA) is 77.2 Å². The Labute approximate surface area is 70.1 Å². The molecule has 0 fully saturated rings. The van der Waals surface area contributed by atoms with E-state index in [1.165, 1.54) is 30.6 Å². The molecule has 0 aliphatic heterocycles. The van der Waals surface area contributed by atoms with Gasteiger partial charge in [-0.25, -0.2) is 13.6 Å². The van der Waals surface area contributed by atoms with Gasteiger partial charge in [-0.15, -0.1) is 0 Å². The third-order valence-electron chi connectivity index (χ3n) is 1.30. The minimum atomic E-state index is -3.81. The van der Waals surface area contributed by atoms with Crippen LogP contribution in [0.25, 0.3) is 0 Å². The molecule has 1 aromatic rings. The fourth-order valence-corrected chi connectivity index (χ4v) is 1.48. The van der Waals surface area contributed by atoms with Crippen LogP contribution in [-0.4, -0.2) is 14.7 Å². The Morgan fingerprint density at radius 3 is 2.25 bits per heavy atom. The molecular formula is C7H6NO3S. The Morgan fingerprint density at radius 1 is 1.25 bits per heavy atom. The van der Waals surface area contributed by atoms with Crippen LogP contribution in [0.5, 0.6) is 0 Å². The van der Waals surface area contributed by atoms with Crippen LogP contribution in [0, 0.1) is 0 Å². The first-order chi connectivity index (χ1) is 5.55. The van der Waals surface area contributed by atoms with Crippen molar-refractivity contribution in [1.82, 2.24) is 0 Å². The summed E-state index contributed by atoms with van der Waals surface area (Å²) in [5, 5.41) is 4.83. The van der Waals surface area contributed by atoms with E-state index < -0.39 is 10.0 Å². The summed E-state index contributed by atoms with van der Waals surface area (Å²) in [6.45, 7) is 0. The maximum atomic E-state index is 10.8. The highest BCUT2D eigenvalue weighted by Crippen LogP contribution is 2.10. The summed E-state index contributed by atoms with van der Waals surface area (Å²) >= 11 is 0. The van der Waals surface area contributed by atoms with Gasteiger partial charge >= 0.3 is 0 Å². The normalized spacial score (nSPS) is 11.1. The van der Waals surface area contributed by atoms with Crippen LogP contribution >= 0.6 is 0 Å². The summed E-state index contributed by atoms with van der Waals surface area (Å²) in [4.78, 5) is 10.0. The molecule has 4 nitrogen and oxygen atoms in total. The molecular weight excluding hydrogens is 178 g/mol. The molecule has 12 heavy (non-hydrogen) atoms. The minimum absolute atomic E-state index is 0.0417. The molecule has 0 saturated heterocycles. The Morgan fingerprint density at radius 2 is 1.83 bits per heavy atom. The standard InChI is InChI=1S/C7H6NO3S/c8-12(10,11)7-4-2-1-3-6(7)5-9/h1-4H,(H2,8,10,11). The molecule has 5 heteroatoms. The van der Waals surface area contributed by atoms with Crippen molar-refractivity contribution in [3.63, 3.8) is 0 Å². The van der Waals surface area contributed by atoms with Gasteiger partial charge in [0.2, 0.25) is 16.3 Å². The molecule has 0 bridgehead atoms. The zero-order valence-corrected chi connectivity index (χ0v) is 6.84. The monoisotopic (exact) mass is 184 g/mol. The number of sulfonamides is 1. The number of carbonyl (C=O) groups excluding carboxylic acids is 1. The largest absolute Gasteiger partial charge is 0.285 e. The van der Waals surface area contributed by atoms with Gasteiger partial charge in [-0.1, -0.05) is 12.1 Å². The van der Waals surface area contributed by atoms with Crippen molar-refractivity contribution < 1.29 is 13.2 Å². The second-order valence-corrected chi connectivity index (χ2v) is 3.67. The summed E-state index contributed by atoms with van der Waals surface area (Å²) in [5.41, 5.74) is -0.0417. The van der Waals surface area contributed by atoms with Crippen molar-refractivity contribution in [3.05, 3.63) is 29.8 Å². The maximum Gasteiger partial charge on any atom is 0.238 e. The number of nitrogens with two attached hydrogens (primary N) is 1. The van der Waals surface area contributed by atoms with Crippen molar-refractivity contribution in [1.29, 1.82) is 0 Å². The van der Waals surface area contributed by atoms with Crippen molar-refractivity contribution in [2.75, 3.05) is 0 Å². The van der Waals surface area contributed by atoms with E-state index in [0.29, 0.717) is 0 Å². The fourth-order valence-electron chi connectivity index (χ4n) is 0.799. The van der Waals surface area contributed by atoms with Gasteiger partial charge < -0.3 is 0 Å². The first-order valence-electron chi connectivity index (χ1n) is 3.05. The molecule has 0 spiro atoms. The Bertz CT molecular complexity index is 397. The average molecular weight is 184 g/mol. The van der Waals surface area contributed by atoms with Crippen molar-refractivity contribution >= 4 is 16.3 Å². The summed E-state index contributed by atoms with van der Waals surface area (Å²) in [6.07, 6.45) is 1.49. The maximum absolute atomic E-state index is 10.8. The molecule has 0 aliphatic rings. The highest BCUT2D eigenvalue weighted by molar-refractivity contribution is 7.89. The molecule has 0 aliphatic carbocycles. The molecule has 63 valence electrons. The Balaban J connectivity index is 3.43. The zero-order chi connectivity index (χ0) is 9.19. The van der Waals surface area contributed by atoms with E-state index in [2.05, 4.69) is 0 Å². The van der Waals surface area contributed by atoms with Crippen LogP contribution in [0.15, 0.2) is 29.2 Å². The summed E-state index contributed by atoms with van der Waals surface area (Å²) < 4.78 is 21.6. The van der Waals surface area contributed by atoms with Crippen LogP contribution in [-0.2, 0) is 14.8 Å². The molecule has 1 rings (SSSR count). The van der Waals surface area contributed by atoms with E-state index in [0.717, 1.165) is 0 Å². The zero-order valence-electron chi connectivity index (χ0n) is 6.02. The lowest BCUT2D eigenvalue weighted by Crippen LogP contribution is -2.14. The van der Waals surface area contributed by atoms with Crippen LogP contribution < -0.4 is 5.14 Å². The summed E-state index contributed by atoms with van der Waals surface area (Å²) in [7, 11) is -3.81. The summed E-state index contributed by atoms with van der Waals surface area (Å²) in [5.74, 6) is 0. The van der Waals surface area contributed by atoms with Crippen LogP contribution in [0.3, 0.4) is 0 Å². The quantitative estimate of drug-likeness (QED) is 0.691. The minimum Gasteiger partial charge on any atom is -0.285 e. The van der Waals surface area contributed by atoms with Crippen LogP contribution in [0.1, 0.15) is 5.56 Å². The second kappa shape index (κ2) is 3.04. The number of benzene rings is 1. The third kappa shape index (κ3) is 1.69. The first kappa shape index (κ1) is 8.89. The van der Waals surface area contributed by atoms with Gasteiger partial charge in [0.05, 0.1) is 4.90 Å². The van der Waals surface area contributed by atoms with Crippen molar-refractivity contribution in [2.45, 2.75) is 4.90 Å². The summed E-state index contributed by atoms with van der Waals surface area (Å²) in [6, 6.07) is 5.62. The SMILES string of the molecule is NS(=O)(=O)c1ccccc1[C]=O. The van der Waals surface area contributed by atoms with Crippen LogP contribution in [0.4, 0.5) is 0 Å². The predicted octanol–water partition coefficient (Wildman–Crippen LogP) is -0.208. The van der Waals surface area contributed by atoms with Gasteiger partial charge in [-0.2, -0.15) is 0 Å².